The Morgan fingerprint density at radius 1 is 1.32 bits per heavy atom. The van der Waals surface area contributed by atoms with E-state index in [0.29, 0.717) is 13.2 Å². The number of carbonyl (C=O) groups is 1. The summed E-state index contributed by atoms with van der Waals surface area (Å²) in [5.74, 6) is -0.424. The SMILES string of the molecule is CCOCCS(=O)(=O)NCC(=O)NCC1(C)CCNCC1.Cl. The highest BCUT2D eigenvalue weighted by molar-refractivity contribution is 7.89. The standard InChI is InChI=1S/C13H27N3O4S.ClH/c1-3-20-8-9-21(18,19)16-10-12(17)15-11-13(2)4-6-14-7-5-13;/h14,16H,3-11H2,1-2H3,(H,15,17);1H. The molecule has 1 rings (SSSR count). The summed E-state index contributed by atoms with van der Waals surface area (Å²) in [7, 11) is -3.45. The fourth-order valence-electron chi connectivity index (χ4n) is 2.14. The molecule has 1 fully saturated rings. The van der Waals surface area contributed by atoms with Gasteiger partial charge in [-0.15, -0.1) is 12.4 Å². The van der Waals surface area contributed by atoms with E-state index in [4.69, 9.17) is 4.74 Å². The largest absolute Gasteiger partial charge is 0.381 e. The Labute approximate surface area is 139 Å². The molecule has 1 aliphatic rings. The van der Waals surface area contributed by atoms with Gasteiger partial charge < -0.3 is 15.4 Å². The van der Waals surface area contributed by atoms with Gasteiger partial charge in [0, 0.05) is 13.2 Å². The van der Waals surface area contributed by atoms with E-state index in [0.717, 1.165) is 25.9 Å². The third-order valence-corrected chi connectivity index (χ3v) is 4.96. The Hall–Kier alpha value is -0.410. The molecule has 0 saturated carbocycles. The molecule has 0 bridgehead atoms. The quantitative estimate of drug-likeness (QED) is 0.499. The Kier molecular flexibility index (Phi) is 10.2. The first-order valence-corrected chi connectivity index (χ1v) is 9.05. The van der Waals surface area contributed by atoms with E-state index in [-0.39, 0.29) is 42.6 Å². The highest BCUT2D eigenvalue weighted by Crippen LogP contribution is 2.26. The molecule has 1 saturated heterocycles. The molecule has 0 radical (unpaired) electrons. The smallest absolute Gasteiger partial charge is 0.235 e. The van der Waals surface area contributed by atoms with Crippen molar-refractivity contribution < 1.29 is 17.9 Å². The molecule has 7 nitrogen and oxygen atoms in total. The number of hydrogen-bond acceptors (Lipinski definition) is 5. The van der Waals surface area contributed by atoms with Crippen LogP contribution in [-0.4, -0.2) is 59.5 Å². The summed E-state index contributed by atoms with van der Waals surface area (Å²) < 4.78 is 30.5. The maximum absolute atomic E-state index is 11.7. The lowest BCUT2D eigenvalue weighted by atomic mass is 9.81. The first kappa shape index (κ1) is 21.6. The number of amides is 1. The molecule has 22 heavy (non-hydrogen) atoms. The van der Waals surface area contributed by atoms with Gasteiger partial charge in [0.25, 0.3) is 0 Å². The number of halogens is 1. The van der Waals surface area contributed by atoms with Crippen LogP contribution >= 0.6 is 12.4 Å². The van der Waals surface area contributed by atoms with E-state index in [9.17, 15) is 13.2 Å². The summed E-state index contributed by atoms with van der Waals surface area (Å²) in [5.41, 5.74) is 0.0920. The number of carbonyl (C=O) groups excluding carboxylic acids is 1. The van der Waals surface area contributed by atoms with Crippen molar-refractivity contribution in [1.29, 1.82) is 0 Å². The maximum atomic E-state index is 11.7. The molecule has 9 heteroatoms. The zero-order valence-corrected chi connectivity index (χ0v) is 14.9. The Morgan fingerprint density at radius 2 is 1.95 bits per heavy atom. The number of nitrogens with one attached hydrogen (secondary N) is 3. The summed E-state index contributed by atoms with van der Waals surface area (Å²) in [5, 5.41) is 6.09. The fraction of sp³-hybridized carbons (Fsp3) is 0.923. The Bertz CT molecular complexity index is 425. The van der Waals surface area contributed by atoms with Crippen molar-refractivity contribution in [1.82, 2.24) is 15.4 Å². The van der Waals surface area contributed by atoms with Gasteiger partial charge in [0.2, 0.25) is 15.9 Å². The zero-order chi connectivity index (χ0) is 15.8. The minimum atomic E-state index is -3.45. The molecule has 0 unspecified atom stereocenters. The predicted octanol–water partition coefficient (Wildman–Crippen LogP) is -0.130. The van der Waals surface area contributed by atoms with Crippen LogP contribution in [0.15, 0.2) is 0 Å². The minimum Gasteiger partial charge on any atom is -0.381 e. The van der Waals surface area contributed by atoms with Crippen molar-refractivity contribution in [3.8, 4) is 0 Å². The van der Waals surface area contributed by atoms with Crippen molar-refractivity contribution in [3.63, 3.8) is 0 Å². The van der Waals surface area contributed by atoms with E-state index < -0.39 is 10.0 Å². The predicted molar refractivity (Wildman–Crippen MR) is 88.8 cm³/mol. The molecule has 0 aromatic rings. The summed E-state index contributed by atoms with van der Waals surface area (Å²) in [6.07, 6.45) is 2.01. The van der Waals surface area contributed by atoms with Crippen molar-refractivity contribution in [2.75, 3.05) is 45.1 Å². The van der Waals surface area contributed by atoms with Gasteiger partial charge in [0.15, 0.2) is 0 Å². The third-order valence-electron chi connectivity index (χ3n) is 3.68. The molecule has 1 amide bonds. The second kappa shape index (κ2) is 10.4. The van der Waals surface area contributed by atoms with Crippen LogP contribution in [0.5, 0.6) is 0 Å². The van der Waals surface area contributed by atoms with Gasteiger partial charge >= 0.3 is 0 Å². The second-order valence-electron chi connectivity index (χ2n) is 5.67. The van der Waals surface area contributed by atoms with Gasteiger partial charge in [-0.2, -0.15) is 0 Å². The highest BCUT2D eigenvalue weighted by atomic mass is 35.5. The first-order valence-electron chi connectivity index (χ1n) is 7.39. The molecule has 0 aliphatic carbocycles. The second-order valence-corrected chi connectivity index (χ2v) is 7.60. The molecule has 3 N–H and O–H groups in total. The summed E-state index contributed by atoms with van der Waals surface area (Å²) in [4.78, 5) is 11.7. The van der Waals surface area contributed by atoms with Gasteiger partial charge in [0.1, 0.15) is 0 Å². The monoisotopic (exact) mass is 357 g/mol. The van der Waals surface area contributed by atoms with Crippen molar-refractivity contribution in [2.45, 2.75) is 26.7 Å². The van der Waals surface area contributed by atoms with Gasteiger partial charge in [0.05, 0.1) is 18.9 Å². The molecule has 1 heterocycles. The highest BCUT2D eigenvalue weighted by Gasteiger charge is 2.27. The van der Waals surface area contributed by atoms with Gasteiger partial charge in [-0.05, 0) is 38.3 Å². The summed E-state index contributed by atoms with van der Waals surface area (Å²) in [6.45, 7) is 6.82. The Balaban J connectivity index is 0.00000441. The molecule has 0 aromatic carbocycles. The van der Waals surface area contributed by atoms with Gasteiger partial charge in [-0.3, -0.25) is 4.79 Å². The van der Waals surface area contributed by atoms with Crippen molar-refractivity contribution in [2.24, 2.45) is 5.41 Å². The van der Waals surface area contributed by atoms with E-state index in [1.54, 1.807) is 6.92 Å². The number of ether oxygens (including phenoxy) is 1. The zero-order valence-electron chi connectivity index (χ0n) is 13.3. The molecular formula is C13H28ClN3O4S. The van der Waals surface area contributed by atoms with Crippen LogP contribution in [0.4, 0.5) is 0 Å². The molecule has 0 aromatic heterocycles. The minimum absolute atomic E-state index is 0. The van der Waals surface area contributed by atoms with Crippen LogP contribution in [0.25, 0.3) is 0 Å². The van der Waals surface area contributed by atoms with E-state index >= 15 is 0 Å². The van der Waals surface area contributed by atoms with Crippen molar-refractivity contribution >= 4 is 28.3 Å². The van der Waals surface area contributed by atoms with Crippen LogP contribution in [0.1, 0.15) is 26.7 Å². The van der Waals surface area contributed by atoms with Gasteiger partial charge in [-0.25, -0.2) is 13.1 Å². The lowest BCUT2D eigenvalue weighted by Crippen LogP contribution is -2.45. The van der Waals surface area contributed by atoms with Crippen LogP contribution < -0.4 is 15.4 Å². The average Bonchev–Trinajstić information content (AvgIpc) is 2.44. The average molecular weight is 358 g/mol. The summed E-state index contributed by atoms with van der Waals surface area (Å²) >= 11 is 0. The van der Waals surface area contributed by atoms with Crippen LogP contribution in [0.2, 0.25) is 0 Å². The molecule has 132 valence electrons. The summed E-state index contributed by atoms with van der Waals surface area (Å²) in [6, 6.07) is 0. The van der Waals surface area contributed by atoms with E-state index in [1.165, 1.54) is 0 Å². The lowest BCUT2D eigenvalue weighted by molar-refractivity contribution is -0.120. The topological polar surface area (TPSA) is 96.5 Å². The fourth-order valence-corrected chi connectivity index (χ4v) is 2.97. The molecule has 0 atom stereocenters. The van der Waals surface area contributed by atoms with E-state index in [1.807, 2.05) is 0 Å². The number of piperidine rings is 1. The van der Waals surface area contributed by atoms with Crippen LogP contribution in [-0.2, 0) is 19.6 Å². The maximum Gasteiger partial charge on any atom is 0.235 e. The first-order chi connectivity index (χ1) is 9.87. The normalized spacial score (nSPS) is 17.5. The third kappa shape index (κ3) is 8.89. The lowest BCUT2D eigenvalue weighted by Gasteiger charge is -2.34. The van der Waals surface area contributed by atoms with Crippen LogP contribution in [0.3, 0.4) is 0 Å². The van der Waals surface area contributed by atoms with E-state index in [2.05, 4.69) is 22.3 Å². The number of hydrogen-bond donors (Lipinski definition) is 3. The van der Waals surface area contributed by atoms with Gasteiger partial charge in [-0.1, -0.05) is 6.92 Å². The molecule has 1 aliphatic heterocycles. The van der Waals surface area contributed by atoms with Crippen molar-refractivity contribution in [3.05, 3.63) is 0 Å². The Morgan fingerprint density at radius 3 is 2.55 bits per heavy atom. The van der Waals surface area contributed by atoms with Crippen LogP contribution in [0, 0.1) is 5.41 Å². The molecule has 0 spiro atoms. The number of rotatable bonds is 9. The molecular weight excluding hydrogens is 330 g/mol. The number of sulfonamides is 1.